The number of anilines is 1. The standard InChI is InChI=1S/C11H10BrN3O2/c1-5-14-8-6(11(16)15-5)4-7(12)10-9(8)13-2-3-17-10/h4,13H,2-3H2,1H3,(H,14,15,16). The van der Waals surface area contributed by atoms with E-state index in [-0.39, 0.29) is 5.56 Å². The zero-order valence-electron chi connectivity index (χ0n) is 9.13. The molecule has 2 N–H and O–H groups in total. The number of nitrogens with one attached hydrogen (secondary N) is 2. The van der Waals surface area contributed by atoms with Gasteiger partial charge in [-0.2, -0.15) is 0 Å². The van der Waals surface area contributed by atoms with Crippen LogP contribution in [-0.2, 0) is 0 Å². The molecular formula is C11H10BrN3O2. The minimum atomic E-state index is -0.136. The van der Waals surface area contributed by atoms with Crippen LogP contribution in [-0.4, -0.2) is 23.1 Å². The fraction of sp³-hybridized carbons (Fsp3) is 0.273. The van der Waals surface area contributed by atoms with Crippen molar-refractivity contribution in [3.63, 3.8) is 0 Å². The first-order valence-corrected chi connectivity index (χ1v) is 6.06. The summed E-state index contributed by atoms with van der Waals surface area (Å²) < 4.78 is 6.35. The lowest BCUT2D eigenvalue weighted by Gasteiger charge is -2.21. The van der Waals surface area contributed by atoms with Crippen LogP contribution in [0.2, 0.25) is 0 Å². The molecule has 0 saturated heterocycles. The van der Waals surface area contributed by atoms with Gasteiger partial charge in [-0.15, -0.1) is 0 Å². The quantitative estimate of drug-likeness (QED) is 0.778. The summed E-state index contributed by atoms with van der Waals surface area (Å²) in [5.41, 5.74) is 1.31. The highest BCUT2D eigenvalue weighted by Gasteiger charge is 2.19. The van der Waals surface area contributed by atoms with Crippen molar-refractivity contribution >= 4 is 32.5 Å². The second-order valence-corrected chi connectivity index (χ2v) is 4.74. The van der Waals surface area contributed by atoms with Crippen molar-refractivity contribution in [3.8, 4) is 5.75 Å². The largest absolute Gasteiger partial charge is 0.488 e. The van der Waals surface area contributed by atoms with Gasteiger partial charge in [0, 0.05) is 6.54 Å². The number of benzene rings is 1. The van der Waals surface area contributed by atoms with E-state index in [1.165, 1.54) is 0 Å². The van der Waals surface area contributed by atoms with Crippen LogP contribution in [0.3, 0.4) is 0 Å². The maximum atomic E-state index is 11.9. The molecular weight excluding hydrogens is 286 g/mol. The van der Waals surface area contributed by atoms with Gasteiger partial charge in [0.25, 0.3) is 5.56 Å². The normalized spacial score (nSPS) is 14.0. The molecule has 5 nitrogen and oxygen atoms in total. The monoisotopic (exact) mass is 295 g/mol. The number of ether oxygens (including phenoxy) is 1. The number of hydrogen-bond donors (Lipinski definition) is 2. The molecule has 1 aromatic heterocycles. The number of hydrogen-bond acceptors (Lipinski definition) is 4. The van der Waals surface area contributed by atoms with Crippen LogP contribution in [0.15, 0.2) is 15.3 Å². The van der Waals surface area contributed by atoms with Gasteiger partial charge in [-0.05, 0) is 28.9 Å². The Hall–Kier alpha value is -1.56. The smallest absolute Gasteiger partial charge is 0.258 e. The number of fused-ring (bicyclic) bond motifs is 3. The van der Waals surface area contributed by atoms with Crippen LogP contribution in [0.4, 0.5) is 5.69 Å². The van der Waals surface area contributed by atoms with Gasteiger partial charge in [-0.3, -0.25) is 4.79 Å². The molecule has 17 heavy (non-hydrogen) atoms. The van der Waals surface area contributed by atoms with Crippen LogP contribution < -0.4 is 15.6 Å². The predicted octanol–water partition coefficient (Wildman–Crippen LogP) is 1.80. The molecule has 1 aliphatic rings. The summed E-state index contributed by atoms with van der Waals surface area (Å²) >= 11 is 3.41. The first kappa shape index (κ1) is 10.6. The third kappa shape index (κ3) is 1.59. The SMILES string of the molecule is Cc1nc2c3c(c(Br)cc2c(=O)[nH]1)OCCN3. The Morgan fingerprint density at radius 2 is 2.35 bits per heavy atom. The average molecular weight is 296 g/mol. The molecule has 88 valence electrons. The fourth-order valence-corrected chi connectivity index (χ4v) is 2.51. The average Bonchev–Trinajstić information content (AvgIpc) is 2.31. The van der Waals surface area contributed by atoms with Gasteiger partial charge in [-0.1, -0.05) is 0 Å². The lowest BCUT2D eigenvalue weighted by molar-refractivity contribution is 0.322. The summed E-state index contributed by atoms with van der Waals surface area (Å²) in [6, 6.07) is 1.74. The molecule has 0 fully saturated rings. The number of aromatic amines is 1. The molecule has 1 aromatic carbocycles. The van der Waals surface area contributed by atoms with Crippen molar-refractivity contribution < 1.29 is 4.74 Å². The third-order valence-electron chi connectivity index (χ3n) is 2.68. The fourth-order valence-electron chi connectivity index (χ4n) is 1.97. The van der Waals surface area contributed by atoms with Crippen LogP contribution in [0.1, 0.15) is 5.82 Å². The van der Waals surface area contributed by atoms with E-state index in [1.54, 1.807) is 13.0 Å². The van der Waals surface area contributed by atoms with Crippen LogP contribution in [0, 0.1) is 6.92 Å². The molecule has 2 heterocycles. The zero-order valence-corrected chi connectivity index (χ0v) is 10.7. The molecule has 1 aliphatic heterocycles. The van der Waals surface area contributed by atoms with Crippen LogP contribution in [0.25, 0.3) is 10.9 Å². The summed E-state index contributed by atoms with van der Waals surface area (Å²) in [5, 5.41) is 3.79. The molecule has 0 amide bonds. The molecule has 0 bridgehead atoms. The van der Waals surface area contributed by atoms with Crippen molar-refractivity contribution in [2.24, 2.45) is 0 Å². The molecule has 0 spiro atoms. The molecule has 0 aliphatic carbocycles. The molecule has 3 rings (SSSR count). The Kier molecular flexibility index (Phi) is 2.32. The lowest BCUT2D eigenvalue weighted by Crippen LogP contribution is -2.20. The minimum Gasteiger partial charge on any atom is -0.488 e. The Balaban J connectivity index is 2.47. The van der Waals surface area contributed by atoms with Gasteiger partial charge < -0.3 is 15.0 Å². The van der Waals surface area contributed by atoms with E-state index in [9.17, 15) is 4.79 Å². The Labute approximate surface area is 105 Å². The zero-order chi connectivity index (χ0) is 12.0. The van der Waals surface area contributed by atoms with Crippen molar-refractivity contribution in [3.05, 3.63) is 26.7 Å². The van der Waals surface area contributed by atoms with E-state index in [0.717, 1.165) is 15.9 Å². The summed E-state index contributed by atoms with van der Waals surface area (Å²) in [7, 11) is 0. The maximum Gasteiger partial charge on any atom is 0.258 e. The predicted molar refractivity (Wildman–Crippen MR) is 68.8 cm³/mol. The molecule has 2 aromatic rings. The lowest BCUT2D eigenvalue weighted by atomic mass is 10.2. The summed E-state index contributed by atoms with van der Waals surface area (Å²) in [4.78, 5) is 18.9. The summed E-state index contributed by atoms with van der Waals surface area (Å²) in [5.74, 6) is 1.32. The van der Waals surface area contributed by atoms with Gasteiger partial charge in [0.15, 0.2) is 5.75 Å². The Bertz CT molecular complexity index is 666. The number of H-pyrrole nitrogens is 1. The van der Waals surface area contributed by atoms with E-state index < -0.39 is 0 Å². The highest BCUT2D eigenvalue weighted by Crippen LogP contribution is 2.39. The van der Waals surface area contributed by atoms with E-state index in [1.807, 2.05) is 0 Å². The number of nitrogens with zero attached hydrogens (tertiary/aromatic N) is 1. The second kappa shape index (κ2) is 3.73. The van der Waals surface area contributed by atoms with Gasteiger partial charge >= 0.3 is 0 Å². The van der Waals surface area contributed by atoms with Crippen LogP contribution in [0.5, 0.6) is 5.75 Å². The van der Waals surface area contributed by atoms with Gasteiger partial charge in [0.1, 0.15) is 23.6 Å². The molecule has 0 atom stereocenters. The van der Waals surface area contributed by atoms with Gasteiger partial charge in [0.2, 0.25) is 0 Å². The van der Waals surface area contributed by atoms with E-state index >= 15 is 0 Å². The second-order valence-electron chi connectivity index (χ2n) is 3.89. The summed E-state index contributed by atoms with van der Waals surface area (Å²) in [6.07, 6.45) is 0. The molecule has 0 saturated carbocycles. The summed E-state index contributed by atoms with van der Waals surface area (Å²) in [6.45, 7) is 3.09. The van der Waals surface area contributed by atoms with E-state index in [2.05, 4.69) is 31.2 Å². The first-order valence-electron chi connectivity index (χ1n) is 5.26. The van der Waals surface area contributed by atoms with Crippen molar-refractivity contribution in [2.45, 2.75) is 6.92 Å². The highest BCUT2D eigenvalue weighted by atomic mass is 79.9. The van der Waals surface area contributed by atoms with Crippen LogP contribution >= 0.6 is 15.9 Å². The molecule has 0 radical (unpaired) electrons. The third-order valence-corrected chi connectivity index (χ3v) is 3.26. The topological polar surface area (TPSA) is 67.0 Å². The first-order chi connectivity index (χ1) is 8.16. The van der Waals surface area contributed by atoms with Crippen molar-refractivity contribution in [2.75, 3.05) is 18.5 Å². The minimum absolute atomic E-state index is 0.136. The van der Waals surface area contributed by atoms with Gasteiger partial charge in [-0.25, -0.2) is 4.98 Å². The van der Waals surface area contributed by atoms with Crippen molar-refractivity contribution in [1.82, 2.24) is 9.97 Å². The number of halogens is 1. The Morgan fingerprint density at radius 3 is 3.18 bits per heavy atom. The maximum absolute atomic E-state index is 11.9. The highest BCUT2D eigenvalue weighted by molar-refractivity contribution is 9.10. The van der Waals surface area contributed by atoms with E-state index in [4.69, 9.17) is 4.74 Å². The van der Waals surface area contributed by atoms with Gasteiger partial charge in [0.05, 0.1) is 9.86 Å². The number of aromatic nitrogens is 2. The Morgan fingerprint density at radius 1 is 1.53 bits per heavy atom. The van der Waals surface area contributed by atoms with E-state index in [0.29, 0.717) is 29.9 Å². The molecule has 0 unspecified atom stereocenters. The molecule has 6 heteroatoms. The van der Waals surface area contributed by atoms with Crippen molar-refractivity contribution in [1.29, 1.82) is 0 Å². The number of aryl methyl sites for hydroxylation is 1. The number of rotatable bonds is 0.